The maximum atomic E-state index is 12.7. The Morgan fingerprint density at radius 1 is 1.36 bits per heavy atom. The van der Waals surface area contributed by atoms with Crippen LogP contribution >= 0.6 is 0 Å². The normalized spacial score (nSPS) is 11.0. The fourth-order valence-electron chi connectivity index (χ4n) is 2.53. The number of fused-ring (bicyclic) bond motifs is 1. The van der Waals surface area contributed by atoms with Gasteiger partial charge in [0.05, 0.1) is 35.0 Å². The number of oxazole rings is 1. The molecule has 0 fully saturated rings. The van der Waals surface area contributed by atoms with Crippen LogP contribution in [0.25, 0.3) is 10.9 Å². The Kier molecular flexibility index (Phi) is 4.65. The van der Waals surface area contributed by atoms with Gasteiger partial charge in [-0.05, 0) is 32.4 Å². The van der Waals surface area contributed by atoms with Gasteiger partial charge < -0.3 is 13.7 Å². The van der Waals surface area contributed by atoms with E-state index in [9.17, 15) is 9.59 Å². The highest BCUT2D eigenvalue weighted by molar-refractivity contribution is 5.94. The van der Waals surface area contributed by atoms with E-state index in [4.69, 9.17) is 9.15 Å². The molecule has 130 valence electrons. The van der Waals surface area contributed by atoms with Crippen molar-refractivity contribution in [3.05, 3.63) is 57.8 Å². The van der Waals surface area contributed by atoms with Gasteiger partial charge in [0.15, 0.2) is 0 Å². The summed E-state index contributed by atoms with van der Waals surface area (Å²) in [6.45, 7) is 5.98. The molecule has 3 aromatic rings. The minimum absolute atomic E-state index is 0.214. The molecule has 3 rings (SSSR count). The summed E-state index contributed by atoms with van der Waals surface area (Å²) in [5, 5.41) is 0.361. The third-order valence-electron chi connectivity index (χ3n) is 3.78. The van der Waals surface area contributed by atoms with Crippen LogP contribution < -0.4 is 5.56 Å². The van der Waals surface area contributed by atoms with Crippen molar-refractivity contribution in [1.29, 1.82) is 0 Å². The minimum Gasteiger partial charge on any atom is -0.462 e. The van der Waals surface area contributed by atoms with Crippen LogP contribution in [-0.2, 0) is 11.3 Å². The van der Waals surface area contributed by atoms with E-state index in [-0.39, 0.29) is 12.1 Å². The number of hydrogen-bond acceptors (Lipinski definition) is 6. The Bertz CT molecular complexity index is 988. The highest BCUT2D eigenvalue weighted by atomic mass is 16.5. The van der Waals surface area contributed by atoms with E-state index in [1.807, 2.05) is 6.92 Å². The van der Waals surface area contributed by atoms with Crippen LogP contribution in [0.2, 0.25) is 0 Å². The average Bonchev–Trinajstić information content (AvgIpc) is 3.00. The molecule has 0 aromatic carbocycles. The largest absolute Gasteiger partial charge is 0.462 e. The van der Waals surface area contributed by atoms with Gasteiger partial charge in [-0.25, -0.2) is 9.78 Å². The standard InChI is InChI=1S/C18H19N3O4/c1-4-7-24-18(23)13-8-14-15(20-12(13)3)5-6-21(17(14)22)10-16-19-9-11(2)25-16/h5-6,8-9H,4,7,10H2,1-3H3. The number of esters is 1. The summed E-state index contributed by atoms with van der Waals surface area (Å²) in [6.07, 6.45) is 3.98. The first-order valence-electron chi connectivity index (χ1n) is 8.09. The number of carbonyl (C=O) groups is 1. The van der Waals surface area contributed by atoms with Crippen molar-refractivity contribution >= 4 is 16.9 Å². The third-order valence-corrected chi connectivity index (χ3v) is 3.78. The number of nitrogens with zero attached hydrogens (tertiary/aromatic N) is 3. The second-order valence-corrected chi connectivity index (χ2v) is 5.80. The van der Waals surface area contributed by atoms with Crippen molar-refractivity contribution in [1.82, 2.24) is 14.5 Å². The molecule has 0 atom stereocenters. The van der Waals surface area contributed by atoms with Crippen molar-refractivity contribution < 1.29 is 13.9 Å². The van der Waals surface area contributed by atoms with Gasteiger partial charge in [0.2, 0.25) is 5.89 Å². The Labute approximate surface area is 144 Å². The first kappa shape index (κ1) is 16.9. The fourth-order valence-corrected chi connectivity index (χ4v) is 2.53. The van der Waals surface area contributed by atoms with Crippen LogP contribution in [0.4, 0.5) is 0 Å². The van der Waals surface area contributed by atoms with Gasteiger partial charge in [-0.2, -0.15) is 0 Å². The number of pyridine rings is 2. The first-order chi connectivity index (χ1) is 12.0. The van der Waals surface area contributed by atoms with E-state index in [1.165, 1.54) is 4.57 Å². The van der Waals surface area contributed by atoms with Gasteiger partial charge in [-0.1, -0.05) is 6.92 Å². The number of aromatic nitrogens is 3. The molecule has 0 bridgehead atoms. The molecule has 3 aromatic heterocycles. The van der Waals surface area contributed by atoms with E-state index in [1.54, 1.807) is 38.4 Å². The lowest BCUT2D eigenvalue weighted by molar-refractivity contribution is 0.0504. The molecule has 25 heavy (non-hydrogen) atoms. The van der Waals surface area contributed by atoms with Gasteiger partial charge in [0.1, 0.15) is 12.3 Å². The molecular weight excluding hydrogens is 322 g/mol. The lowest BCUT2D eigenvalue weighted by Gasteiger charge is -2.09. The zero-order valence-electron chi connectivity index (χ0n) is 14.4. The van der Waals surface area contributed by atoms with Crippen molar-refractivity contribution in [2.75, 3.05) is 6.61 Å². The van der Waals surface area contributed by atoms with Crippen molar-refractivity contribution in [3.8, 4) is 0 Å². The number of carbonyl (C=O) groups excluding carboxylic acids is 1. The van der Waals surface area contributed by atoms with E-state index >= 15 is 0 Å². The first-order valence-corrected chi connectivity index (χ1v) is 8.09. The SMILES string of the molecule is CCCOC(=O)c1cc2c(=O)n(Cc3ncc(C)o3)ccc2nc1C. The molecular formula is C18H19N3O4. The molecule has 3 heterocycles. The topological polar surface area (TPSA) is 87.2 Å². The number of hydrogen-bond donors (Lipinski definition) is 0. The molecule has 0 aliphatic rings. The van der Waals surface area contributed by atoms with E-state index in [0.29, 0.717) is 40.4 Å². The van der Waals surface area contributed by atoms with Crippen LogP contribution in [0.15, 0.2) is 33.7 Å². The van der Waals surface area contributed by atoms with Crippen molar-refractivity contribution in [3.63, 3.8) is 0 Å². The van der Waals surface area contributed by atoms with E-state index in [0.717, 1.165) is 6.42 Å². The minimum atomic E-state index is -0.466. The quantitative estimate of drug-likeness (QED) is 0.663. The van der Waals surface area contributed by atoms with E-state index < -0.39 is 5.97 Å². The molecule has 0 radical (unpaired) electrons. The second kappa shape index (κ2) is 6.88. The third kappa shape index (κ3) is 3.45. The molecule has 0 aliphatic carbocycles. The summed E-state index contributed by atoms with van der Waals surface area (Å²) in [4.78, 5) is 33.4. The Morgan fingerprint density at radius 2 is 2.16 bits per heavy atom. The number of ether oxygens (including phenoxy) is 1. The molecule has 7 nitrogen and oxygen atoms in total. The predicted molar refractivity (Wildman–Crippen MR) is 91.7 cm³/mol. The van der Waals surface area contributed by atoms with Gasteiger partial charge >= 0.3 is 5.97 Å². The Balaban J connectivity index is 2.03. The molecule has 0 saturated carbocycles. The molecule has 0 unspecified atom stereocenters. The maximum Gasteiger partial charge on any atom is 0.340 e. The van der Waals surface area contributed by atoms with Crippen LogP contribution in [0.3, 0.4) is 0 Å². The van der Waals surface area contributed by atoms with Gasteiger partial charge in [0.25, 0.3) is 5.56 Å². The molecule has 0 saturated heterocycles. The van der Waals surface area contributed by atoms with Gasteiger partial charge in [0, 0.05) is 6.20 Å². The lowest BCUT2D eigenvalue weighted by Crippen LogP contribution is -2.21. The fraction of sp³-hybridized carbons (Fsp3) is 0.333. The monoisotopic (exact) mass is 341 g/mol. The highest BCUT2D eigenvalue weighted by Crippen LogP contribution is 2.15. The maximum absolute atomic E-state index is 12.7. The molecule has 0 N–H and O–H groups in total. The summed E-state index contributed by atoms with van der Waals surface area (Å²) in [5.74, 6) is 0.663. The van der Waals surface area contributed by atoms with Gasteiger partial charge in [-0.3, -0.25) is 9.78 Å². The van der Waals surface area contributed by atoms with Crippen LogP contribution in [0, 0.1) is 13.8 Å². The summed E-state index contributed by atoms with van der Waals surface area (Å²) in [5.41, 5.74) is 1.12. The molecule has 7 heteroatoms. The average molecular weight is 341 g/mol. The number of rotatable bonds is 5. The summed E-state index contributed by atoms with van der Waals surface area (Å²) < 4.78 is 12.1. The van der Waals surface area contributed by atoms with Gasteiger partial charge in [-0.15, -0.1) is 0 Å². The second-order valence-electron chi connectivity index (χ2n) is 5.80. The zero-order valence-corrected chi connectivity index (χ0v) is 14.4. The Hall–Kier alpha value is -2.96. The number of aryl methyl sites for hydroxylation is 2. The zero-order chi connectivity index (χ0) is 18.0. The highest BCUT2D eigenvalue weighted by Gasteiger charge is 2.15. The predicted octanol–water partition coefficient (Wildman–Crippen LogP) is 2.62. The summed E-state index contributed by atoms with van der Waals surface area (Å²) >= 11 is 0. The lowest BCUT2D eigenvalue weighted by atomic mass is 10.1. The van der Waals surface area contributed by atoms with Crippen LogP contribution in [0.1, 0.15) is 41.0 Å². The van der Waals surface area contributed by atoms with Crippen LogP contribution in [-0.4, -0.2) is 27.1 Å². The molecule has 0 amide bonds. The smallest absolute Gasteiger partial charge is 0.340 e. The summed E-state index contributed by atoms with van der Waals surface area (Å²) in [6, 6.07) is 3.29. The van der Waals surface area contributed by atoms with Crippen LogP contribution in [0.5, 0.6) is 0 Å². The van der Waals surface area contributed by atoms with Crippen molar-refractivity contribution in [2.24, 2.45) is 0 Å². The molecule has 0 aliphatic heterocycles. The van der Waals surface area contributed by atoms with Crippen molar-refractivity contribution in [2.45, 2.75) is 33.7 Å². The van der Waals surface area contributed by atoms with E-state index in [2.05, 4.69) is 9.97 Å². The summed E-state index contributed by atoms with van der Waals surface area (Å²) in [7, 11) is 0. The molecule has 0 spiro atoms. The Morgan fingerprint density at radius 3 is 2.84 bits per heavy atom.